The minimum atomic E-state index is -0.101. The lowest BCUT2D eigenvalue weighted by Crippen LogP contribution is -2.58. The molecule has 0 N–H and O–H groups in total. The van der Waals surface area contributed by atoms with Gasteiger partial charge in [0.2, 0.25) is 11.8 Å². The molecule has 2 aromatic carbocycles. The fourth-order valence-corrected chi connectivity index (χ4v) is 8.89. The predicted molar refractivity (Wildman–Crippen MR) is 162 cm³/mol. The van der Waals surface area contributed by atoms with Gasteiger partial charge >= 0.3 is 0 Å². The summed E-state index contributed by atoms with van der Waals surface area (Å²) < 4.78 is 1.73. The van der Waals surface area contributed by atoms with E-state index in [-0.39, 0.29) is 17.9 Å². The van der Waals surface area contributed by atoms with Crippen LogP contribution in [0.5, 0.6) is 0 Å². The van der Waals surface area contributed by atoms with Crippen LogP contribution in [0.3, 0.4) is 0 Å². The molecule has 0 spiro atoms. The van der Waals surface area contributed by atoms with Gasteiger partial charge in [-0.1, -0.05) is 48.5 Å². The lowest BCUT2D eigenvalue weighted by Gasteiger charge is -2.57. The van der Waals surface area contributed by atoms with Crippen molar-refractivity contribution in [2.24, 2.45) is 23.2 Å². The third-order valence-corrected chi connectivity index (χ3v) is 10.5. The van der Waals surface area contributed by atoms with Gasteiger partial charge in [0.25, 0.3) is 0 Å². The van der Waals surface area contributed by atoms with Gasteiger partial charge in [0.05, 0.1) is 11.6 Å². The summed E-state index contributed by atoms with van der Waals surface area (Å²) in [5, 5.41) is 6.80. The fourth-order valence-electron chi connectivity index (χ4n) is 8.89. The molecule has 4 bridgehead atoms. The smallest absolute Gasteiger partial charge is 0.244 e. The first-order valence-electron chi connectivity index (χ1n) is 15.6. The van der Waals surface area contributed by atoms with Gasteiger partial charge in [0, 0.05) is 61.3 Å². The molecule has 0 atom stereocenters. The average molecular weight is 560 g/mol. The molecule has 4 aliphatic carbocycles. The molecular weight excluding hydrogens is 522 g/mol. The van der Waals surface area contributed by atoms with E-state index in [0.29, 0.717) is 32.1 Å². The number of pyridine rings is 1. The second kappa shape index (κ2) is 10.1. The molecule has 2 amide bonds. The summed E-state index contributed by atoms with van der Waals surface area (Å²) in [4.78, 5) is 35.3. The van der Waals surface area contributed by atoms with E-state index in [4.69, 9.17) is 0 Å². The van der Waals surface area contributed by atoms with Crippen molar-refractivity contribution in [2.45, 2.75) is 45.1 Å². The van der Waals surface area contributed by atoms with Gasteiger partial charge in [-0.15, -0.1) is 0 Å². The second-order valence-corrected chi connectivity index (χ2v) is 13.3. The summed E-state index contributed by atoms with van der Waals surface area (Å²) in [6.07, 6.45) is 14.9. The molecule has 9 rings (SSSR count). The molecule has 4 aromatic rings. The van der Waals surface area contributed by atoms with Crippen molar-refractivity contribution in [2.75, 3.05) is 26.2 Å². The van der Waals surface area contributed by atoms with E-state index in [1.165, 1.54) is 24.6 Å². The lowest BCUT2D eigenvalue weighted by molar-refractivity contribution is -0.160. The van der Waals surface area contributed by atoms with Gasteiger partial charge in [-0.3, -0.25) is 19.3 Å². The van der Waals surface area contributed by atoms with Gasteiger partial charge in [-0.25, -0.2) is 0 Å². The zero-order valence-corrected chi connectivity index (χ0v) is 24.0. The number of carbonyl (C=O) groups excluding carboxylic acids is 2. The van der Waals surface area contributed by atoms with Gasteiger partial charge < -0.3 is 9.80 Å². The fraction of sp³-hybridized carbons (Fsp3) is 0.429. The summed E-state index contributed by atoms with van der Waals surface area (Å²) in [6.45, 7) is 2.72. The third-order valence-electron chi connectivity index (χ3n) is 10.5. The van der Waals surface area contributed by atoms with Crippen molar-refractivity contribution in [1.82, 2.24) is 24.6 Å². The van der Waals surface area contributed by atoms with Crippen LogP contribution in [0.4, 0.5) is 0 Å². The van der Waals surface area contributed by atoms with Crippen LogP contribution in [0.15, 0.2) is 73.3 Å². The SMILES string of the molecule is O=C(Cn1cc(-c2ccc(-c3cncc4ccccc34)cc2)cn1)N1CCN(C(=O)C23CC4CC(CC(C4)C2)C3)CC1. The van der Waals surface area contributed by atoms with E-state index < -0.39 is 0 Å². The summed E-state index contributed by atoms with van der Waals surface area (Å²) in [5.74, 6) is 2.74. The molecule has 2 aromatic heterocycles. The van der Waals surface area contributed by atoms with Crippen molar-refractivity contribution in [3.05, 3.63) is 73.3 Å². The molecule has 214 valence electrons. The molecule has 7 nitrogen and oxygen atoms in total. The Balaban J connectivity index is 0.888. The van der Waals surface area contributed by atoms with Crippen LogP contribution in [-0.4, -0.2) is 62.6 Å². The Bertz CT molecular complexity index is 1610. The molecular formula is C35H37N5O2. The monoisotopic (exact) mass is 559 g/mol. The maximum Gasteiger partial charge on any atom is 0.244 e. The zero-order valence-electron chi connectivity index (χ0n) is 24.0. The van der Waals surface area contributed by atoms with Gasteiger partial charge in [-0.05, 0) is 72.8 Å². The maximum atomic E-state index is 13.7. The van der Waals surface area contributed by atoms with Crippen molar-refractivity contribution in [3.63, 3.8) is 0 Å². The average Bonchev–Trinajstić information content (AvgIpc) is 3.48. The topological polar surface area (TPSA) is 71.3 Å². The molecule has 42 heavy (non-hydrogen) atoms. The molecule has 7 heteroatoms. The summed E-state index contributed by atoms with van der Waals surface area (Å²) in [6, 6.07) is 16.7. The number of carbonyl (C=O) groups is 2. The Morgan fingerprint density at radius 2 is 1.38 bits per heavy atom. The number of piperazine rings is 1. The number of rotatable bonds is 5. The van der Waals surface area contributed by atoms with Crippen LogP contribution >= 0.6 is 0 Å². The largest absolute Gasteiger partial charge is 0.339 e. The minimum Gasteiger partial charge on any atom is -0.339 e. The number of fused-ring (bicyclic) bond motifs is 1. The van der Waals surface area contributed by atoms with Crippen LogP contribution in [-0.2, 0) is 16.1 Å². The number of hydrogen-bond donors (Lipinski definition) is 0. The first kappa shape index (κ1) is 25.7. The zero-order chi connectivity index (χ0) is 28.3. The molecule has 3 heterocycles. The number of benzene rings is 2. The van der Waals surface area contributed by atoms with Gasteiger partial charge in [-0.2, -0.15) is 5.10 Å². The Morgan fingerprint density at radius 1 is 0.738 bits per heavy atom. The van der Waals surface area contributed by atoms with Crippen LogP contribution in [0.1, 0.15) is 38.5 Å². The second-order valence-electron chi connectivity index (χ2n) is 13.3. The normalized spacial score (nSPS) is 26.6. The maximum absolute atomic E-state index is 13.7. The van der Waals surface area contributed by atoms with E-state index in [1.807, 2.05) is 35.8 Å². The molecule has 5 fully saturated rings. The van der Waals surface area contributed by atoms with E-state index >= 15 is 0 Å². The first-order chi connectivity index (χ1) is 20.5. The van der Waals surface area contributed by atoms with E-state index in [0.717, 1.165) is 64.7 Å². The third kappa shape index (κ3) is 4.50. The van der Waals surface area contributed by atoms with Gasteiger partial charge in [0.1, 0.15) is 6.54 Å². The molecule has 1 saturated heterocycles. The molecule has 5 aliphatic rings. The highest BCUT2D eigenvalue weighted by atomic mass is 16.2. The number of nitrogens with zero attached hydrogens (tertiary/aromatic N) is 5. The predicted octanol–water partition coefficient (Wildman–Crippen LogP) is 5.65. The minimum absolute atomic E-state index is 0.0605. The highest BCUT2D eigenvalue weighted by molar-refractivity contribution is 5.96. The highest BCUT2D eigenvalue weighted by Crippen LogP contribution is 2.60. The first-order valence-corrected chi connectivity index (χ1v) is 15.6. The molecule has 0 unspecified atom stereocenters. The summed E-state index contributed by atoms with van der Waals surface area (Å²) >= 11 is 0. The van der Waals surface area contributed by atoms with Crippen LogP contribution < -0.4 is 0 Å². The molecule has 4 saturated carbocycles. The Kier molecular flexibility index (Phi) is 6.16. The Labute approximate surface area is 246 Å². The van der Waals surface area contributed by atoms with Crippen molar-refractivity contribution >= 4 is 22.6 Å². The van der Waals surface area contributed by atoms with Crippen LogP contribution in [0, 0.1) is 23.2 Å². The number of amides is 2. The van der Waals surface area contributed by atoms with Crippen molar-refractivity contribution < 1.29 is 9.59 Å². The standard InChI is InChI=1S/C35H37N5O2/c41-33(38-9-11-39(12-10-38)34(42)35-16-24-13-25(17-35)15-26(14-24)18-35)23-40-22-30(20-37-40)27-5-7-28(8-6-27)32-21-36-19-29-3-1-2-4-31(29)32/h1-8,19-22,24-26H,9-18,23H2. The van der Waals surface area contributed by atoms with E-state index in [9.17, 15) is 9.59 Å². The summed E-state index contributed by atoms with van der Waals surface area (Å²) in [7, 11) is 0. The molecule has 0 radical (unpaired) electrons. The Hall–Kier alpha value is -4.00. The molecule has 1 aliphatic heterocycles. The van der Waals surface area contributed by atoms with E-state index in [1.54, 1.807) is 4.68 Å². The quantitative estimate of drug-likeness (QED) is 0.317. The lowest BCUT2D eigenvalue weighted by atomic mass is 9.49. The van der Waals surface area contributed by atoms with E-state index in [2.05, 4.69) is 57.4 Å². The number of aromatic nitrogens is 3. The van der Waals surface area contributed by atoms with Crippen molar-refractivity contribution in [3.8, 4) is 22.3 Å². The van der Waals surface area contributed by atoms with Crippen LogP contribution in [0.2, 0.25) is 0 Å². The van der Waals surface area contributed by atoms with Crippen molar-refractivity contribution in [1.29, 1.82) is 0 Å². The van der Waals surface area contributed by atoms with Crippen LogP contribution in [0.25, 0.3) is 33.0 Å². The highest BCUT2D eigenvalue weighted by Gasteiger charge is 2.55. The van der Waals surface area contributed by atoms with Gasteiger partial charge in [0.15, 0.2) is 0 Å². The number of hydrogen-bond acceptors (Lipinski definition) is 4. The summed E-state index contributed by atoms with van der Waals surface area (Å²) in [5.41, 5.74) is 4.17. The Morgan fingerprint density at radius 3 is 2.10 bits per heavy atom.